The van der Waals surface area contributed by atoms with Crippen LogP contribution in [0.3, 0.4) is 0 Å². The van der Waals surface area contributed by atoms with Crippen molar-refractivity contribution in [2.24, 2.45) is 10.1 Å². The van der Waals surface area contributed by atoms with Crippen LogP contribution in [0.2, 0.25) is 0 Å². The first-order chi connectivity index (χ1) is 15.2. The van der Waals surface area contributed by atoms with E-state index in [0.29, 0.717) is 5.92 Å². The smallest absolute Gasteiger partial charge is 0.151 e. The van der Waals surface area contributed by atoms with Gasteiger partial charge in [-0.3, -0.25) is 15.4 Å². The van der Waals surface area contributed by atoms with Crippen LogP contribution in [0, 0.1) is 0 Å². The number of hydrazone groups is 1. The third kappa shape index (κ3) is 4.18. The number of ether oxygens (including phenoxy) is 1. The van der Waals surface area contributed by atoms with Crippen LogP contribution in [-0.2, 0) is 0 Å². The van der Waals surface area contributed by atoms with Gasteiger partial charge in [0.2, 0.25) is 0 Å². The Hall–Kier alpha value is -3.21. The van der Waals surface area contributed by atoms with Gasteiger partial charge < -0.3 is 4.74 Å². The Labute approximate surface area is 184 Å². The minimum absolute atomic E-state index is 0.325. The summed E-state index contributed by atoms with van der Waals surface area (Å²) >= 11 is 0. The molecule has 31 heavy (non-hydrogen) atoms. The van der Waals surface area contributed by atoms with E-state index >= 15 is 0 Å². The molecular weight excluding hydrogens is 384 g/mol. The van der Waals surface area contributed by atoms with Gasteiger partial charge in [-0.1, -0.05) is 44.2 Å². The van der Waals surface area contributed by atoms with E-state index in [9.17, 15) is 0 Å². The Bertz CT molecular complexity index is 1130. The summed E-state index contributed by atoms with van der Waals surface area (Å²) in [6.07, 6.45) is 2.88. The van der Waals surface area contributed by atoms with E-state index in [4.69, 9.17) is 14.7 Å². The van der Waals surface area contributed by atoms with Gasteiger partial charge in [0, 0.05) is 47.2 Å². The third-order valence-electron chi connectivity index (χ3n) is 5.99. The second-order valence-corrected chi connectivity index (χ2v) is 7.95. The van der Waals surface area contributed by atoms with Gasteiger partial charge in [0.25, 0.3) is 0 Å². The van der Waals surface area contributed by atoms with Crippen molar-refractivity contribution in [1.29, 1.82) is 0 Å². The molecule has 1 aliphatic rings. The summed E-state index contributed by atoms with van der Waals surface area (Å²) in [7, 11) is 1.69. The van der Waals surface area contributed by atoms with Crippen LogP contribution in [0.15, 0.2) is 58.6 Å². The fourth-order valence-electron chi connectivity index (χ4n) is 4.21. The lowest BCUT2D eigenvalue weighted by molar-refractivity contribution is 0.415. The van der Waals surface area contributed by atoms with Crippen LogP contribution in [0.4, 0.5) is 0 Å². The number of hydrogen-bond donors (Lipinski definition) is 1. The lowest BCUT2D eigenvalue weighted by atomic mass is 9.87. The van der Waals surface area contributed by atoms with Crippen LogP contribution in [0.25, 0.3) is 22.0 Å². The van der Waals surface area contributed by atoms with Crippen LogP contribution in [0.5, 0.6) is 5.75 Å². The topological polar surface area (TPSA) is 58.9 Å². The number of aromatic nitrogens is 1. The molecule has 3 aromatic rings. The lowest BCUT2D eigenvalue weighted by Crippen LogP contribution is -2.23. The molecule has 0 unspecified atom stereocenters. The summed E-state index contributed by atoms with van der Waals surface area (Å²) in [5.41, 5.74) is 9.70. The van der Waals surface area contributed by atoms with E-state index in [2.05, 4.69) is 54.7 Å². The van der Waals surface area contributed by atoms with Gasteiger partial charge in [0.05, 0.1) is 18.3 Å². The maximum absolute atomic E-state index is 5.50. The second-order valence-electron chi connectivity index (χ2n) is 7.95. The summed E-state index contributed by atoms with van der Waals surface area (Å²) in [6.45, 7) is 7.20. The molecule has 0 saturated heterocycles. The highest BCUT2D eigenvalue weighted by atomic mass is 16.5. The van der Waals surface area contributed by atoms with E-state index < -0.39 is 0 Å². The molecule has 1 aliphatic heterocycles. The van der Waals surface area contributed by atoms with Gasteiger partial charge in [0.1, 0.15) is 5.75 Å². The standard InChI is InChI=1S/C26H30N4O/c1-5-18(6-2)25-24(26-27-15-14-17(3)29-30-26)23(19-10-8-7-9-11-19)21-13-12-20(31-4)16-22(21)28-25/h7-13,16,18H,5-6,14-15H2,1-4H3,(H,27,30). The molecule has 0 amide bonds. The molecule has 1 N–H and O–H groups in total. The van der Waals surface area contributed by atoms with Crippen molar-refractivity contribution in [2.45, 2.75) is 46.0 Å². The van der Waals surface area contributed by atoms with Gasteiger partial charge in [-0.15, -0.1) is 0 Å². The second kappa shape index (κ2) is 9.29. The van der Waals surface area contributed by atoms with Crippen LogP contribution in [-0.4, -0.2) is 30.2 Å². The van der Waals surface area contributed by atoms with Crippen LogP contribution < -0.4 is 10.2 Å². The maximum Gasteiger partial charge on any atom is 0.151 e. The average Bonchev–Trinajstić information content (AvgIpc) is 3.03. The maximum atomic E-state index is 5.50. The molecule has 5 nitrogen and oxygen atoms in total. The zero-order chi connectivity index (χ0) is 21.8. The molecule has 0 spiro atoms. The fourth-order valence-corrected chi connectivity index (χ4v) is 4.21. The molecule has 0 aliphatic carbocycles. The molecule has 0 bridgehead atoms. The highest BCUT2D eigenvalue weighted by Crippen LogP contribution is 2.38. The molecule has 160 valence electrons. The molecular formula is C26H30N4O. The van der Waals surface area contributed by atoms with Gasteiger partial charge >= 0.3 is 0 Å². The van der Waals surface area contributed by atoms with E-state index in [1.165, 1.54) is 0 Å². The predicted molar refractivity (Wildman–Crippen MR) is 129 cm³/mol. The number of nitrogens with zero attached hydrogens (tertiary/aromatic N) is 3. The third-order valence-corrected chi connectivity index (χ3v) is 5.99. The molecule has 0 saturated carbocycles. The highest BCUT2D eigenvalue weighted by Gasteiger charge is 2.25. The number of amidine groups is 1. The molecule has 2 aromatic carbocycles. The first kappa shape index (κ1) is 21.0. The Kier molecular flexibility index (Phi) is 6.31. The first-order valence-corrected chi connectivity index (χ1v) is 11.1. The number of benzene rings is 2. The summed E-state index contributed by atoms with van der Waals surface area (Å²) < 4.78 is 5.50. The van der Waals surface area contributed by atoms with Crippen molar-refractivity contribution in [1.82, 2.24) is 10.4 Å². The number of aliphatic imine (C=N–C) groups is 1. The normalized spacial score (nSPS) is 14.1. The quantitative estimate of drug-likeness (QED) is 0.544. The number of hydrogen-bond acceptors (Lipinski definition) is 5. The molecule has 0 atom stereocenters. The van der Waals surface area contributed by atoms with Gasteiger partial charge in [-0.2, -0.15) is 5.10 Å². The Morgan fingerprint density at radius 3 is 2.52 bits per heavy atom. The minimum atomic E-state index is 0.325. The zero-order valence-corrected chi connectivity index (χ0v) is 18.8. The summed E-state index contributed by atoms with van der Waals surface area (Å²) in [5, 5.41) is 5.65. The van der Waals surface area contributed by atoms with Crippen molar-refractivity contribution in [3.05, 3.63) is 59.8 Å². The highest BCUT2D eigenvalue weighted by molar-refractivity contribution is 6.12. The van der Waals surface area contributed by atoms with Crippen molar-refractivity contribution in [2.75, 3.05) is 13.7 Å². The summed E-state index contributed by atoms with van der Waals surface area (Å²) in [5.74, 6) is 1.95. The summed E-state index contributed by atoms with van der Waals surface area (Å²) in [6, 6.07) is 16.7. The van der Waals surface area contributed by atoms with Gasteiger partial charge in [0.15, 0.2) is 5.84 Å². The molecule has 1 aromatic heterocycles. The van der Waals surface area contributed by atoms with E-state index in [-0.39, 0.29) is 0 Å². The number of methoxy groups -OCH3 is 1. The molecule has 0 fully saturated rings. The molecule has 5 heteroatoms. The first-order valence-electron chi connectivity index (χ1n) is 11.1. The van der Waals surface area contributed by atoms with E-state index in [0.717, 1.165) is 76.4 Å². The van der Waals surface area contributed by atoms with Crippen molar-refractivity contribution < 1.29 is 4.74 Å². The van der Waals surface area contributed by atoms with Crippen molar-refractivity contribution >= 4 is 22.5 Å². The van der Waals surface area contributed by atoms with Gasteiger partial charge in [-0.05, 0) is 37.5 Å². The van der Waals surface area contributed by atoms with Crippen LogP contribution >= 0.6 is 0 Å². The van der Waals surface area contributed by atoms with Gasteiger partial charge in [-0.25, -0.2) is 0 Å². The monoisotopic (exact) mass is 414 g/mol. The van der Waals surface area contributed by atoms with E-state index in [1.54, 1.807) is 7.11 Å². The van der Waals surface area contributed by atoms with Crippen molar-refractivity contribution in [3.8, 4) is 16.9 Å². The van der Waals surface area contributed by atoms with Crippen molar-refractivity contribution in [3.63, 3.8) is 0 Å². The molecule has 4 rings (SSSR count). The summed E-state index contributed by atoms with van der Waals surface area (Å²) in [4.78, 5) is 10.1. The van der Waals surface area contributed by atoms with Crippen LogP contribution in [0.1, 0.15) is 57.2 Å². The Morgan fingerprint density at radius 2 is 1.81 bits per heavy atom. The number of fused-ring (bicyclic) bond motifs is 1. The molecule has 2 heterocycles. The zero-order valence-electron chi connectivity index (χ0n) is 18.8. The SMILES string of the molecule is CCC(CC)c1nc2cc(OC)ccc2c(-c2ccccc2)c1C1=NCCC(C)=NN1. The van der Waals surface area contributed by atoms with E-state index in [1.807, 2.05) is 25.1 Å². The largest absolute Gasteiger partial charge is 0.497 e. The minimum Gasteiger partial charge on any atom is -0.497 e. The number of rotatable bonds is 6. The average molecular weight is 415 g/mol. The lowest BCUT2D eigenvalue weighted by Gasteiger charge is -2.23. The number of nitrogens with one attached hydrogen (secondary N) is 1. The Morgan fingerprint density at radius 1 is 1.03 bits per heavy atom. The predicted octanol–water partition coefficient (Wildman–Crippen LogP) is 5.93. The number of pyridine rings is 1. The molecule has 0 radical (unpaired) electrons. The fraction of sp³-hybridized carbons (Fsp3) is 0.346. The Balaban J connectivity index is 2.11.